The second-order valence-electron chi connectivity index (χ2n) is 4.16. The van der Waals surface area contributed by atoms with E-state index in [-0.39, 0.29) is 11.8 Å². The van der Waals surface area contributed by atoms with E-state index in [1.54, 1.807) is 6.07 Å². The van der Waals surface area contributed by atoms with Crippen molar-refractivity contribution >= 4 is 23.4 Å². The van der Waals surface area contributed by atoms with Crippen LogP contribution in [0, 0.1) is 0 Å². The van der Waals surface area contributed by atoms with Gasteiger partial charge in [0.25, 0.3) is 0 Å². The number of carbonyl (C=O) groups is 2. The molecule has 0 amide bonds. The second-order valence-corrected chi connectivity index (χ2v) is 4.59. The zero-order chi connectivity index (χ0) is 13.4. The number of benzene rings is 1. The molecule has 0 unspecified atom stereocenters. The highest BCUT2D eigenvalue weighted by atomic mass is 35.5. The van der Waals surface area contributed by atoms with E-state index in [0.29, 0.717) is 37.3 Å². The Balaban J connectivity index is 2.19. The molecule has 0 aliphatic heterocycles. The molecule has 0 aliphatic carbocycles. The van der Waals surface area contributed by atoms with Crippen molar-refractivity contribution in [1.82, 2.24) is 0 Å². The van der Waals surface area contributed by atoms with E-state index in [1.807, 2.05) is 18.2 Å². The first-order valence-electron chi connectivity index (χ1n) is 5.97. The van der Waals surface area contributed by atoms with E-state index in [1.165, 1.54) is 6.92 Å². The maximum Gasteiger partial charge on any atom is 0.306 e. The average molecular weight is 269 g/mol. The Kier molecular flexibility index (Phi) is 6.44. The molecule has 1 aromatic carbocycles. The van der Waals surface area contributed by atoms with Crippen LogP contribution in [0.1, 0.15) is 31.7 Å². The first kappa shape index (κ1) is 14.7. The Morgan fingerprint density at radius 3 is 2.72 bits per heavy atom. The SMILES string of the molecule is CC(=O)CCCOC(=O)CCc1cccc(Cl)c1. The lowest BCUT2D eigenvalue weighted by Gasteiger charge is -2.04. The molecule has 4 heteroatoms. The number of ketones is 1. The van der Waals surface area contributed by atoms with Crippen LogP contribution in [-0.4, -0.2) is 18.4 Å². The van der Waals surface area contributed by atoms with E-state index in [9.17, 15) is 9.59 Å². The van der Waals surface area contributed by atoms with Gasteiger partial charge in [0.15, 0.2) is 0 Å². The van der Waals surface area contributed by atoms with Crippen LogP contribution in [0.4, 0.5) is 0 Å². The molecule has 0 saturated heterocycles. The normalized spacial score (nSPS) is 10.1. The quantitative estimate of drug-likeness (QED) is 0.563. The summed E-state index contributed by atoms with van der Waals surface area (Å²) in [5.74, 6) is -0.122. The van der Waals surface area contributed by atoms with Gasteiger partial charge >= 0.3 is 5.97 Å². The lowest BCUT2D eigenvalue weighted by molar-refractivity contribution is -0.144. The van der Waals surface area contributed by atoms with Gasteiger partial charge in [-0.05, 0) is 37.5 Å². The molecule has 0 saturated carbocycles. The molecular weight excluding hydrogens is 252 g/mol. The highest BCUT2D eigenvalue weighted by molar-refractivity contribution is 6.30. The van der Waals surface area contributed by atoms with E-state index in [4.69, 9.17) is 16.3 Å². The Morgan fingerprint density at radius 2 is 2.06 bits per heavy atom. The van der Waals surface area contributed by atoms with Crippen molar-refractivity contribution in [3.63, 3.8) is 0 Å². The van der Waals surface area contributed by atoms with Gasteiger partial charge in [-0.15, -0.1) is 0 Å². The molecule has 0 fully saturated rings. The summed E-state index contributed by atoms with van der Waals surface area (Å²) in [5, 5.41) is 0.669. The molecule has 0 N–H and O–H groups in total. The summed E-state index contributed by atoms with van der Waals surface area (Å²) < 4.78 is 5.02. The van der Waals surface area contributed by atoms with Crippen LogP contribution >= 0.6 is 11.6 Å². The van der Waals surface area contributed by atoms with Crippen LogP contribution in [0.5, 0.6) is 0 Å². The number of ether oxygens (including phenoxy) is 1. The van der Waals surface area contributed by atoms with Crippen molar-refractivity contribution in [3.05, 3.63) is 34.9 Å². The average Bonchev–Trinajstić information content (AvgIpc) is 2.32. The number of rotatable bonds is 7. The molecule has 0 spiro atoms. The van der Waals surface area contributed by atoms with Gasteiger partial charge in [0.2, 0.25) is 0 Å². The number of esters is 1. The van der Waals surface area contributed by atoms with Crippen molar-refractivity contribution in [2.45, 2.75) is 32.6 Å². The van der Waals surface area contributed by atoms with Gasteiger partial charge < -0.3 is 9.53 Å². The summed E-state index contributed by atoms with van der Waals surface area (Å²) in [7, 11) is 0. The zero-order valence-corrected chi connectivity index (χ0v) is 11.2. The molecule has 0 aromatic heterocycles. The van der Waals surface area contributed by atoms with Crippen molar-refractivity contribution in [1.29, 1.82) is 0 Å². The third-order valence-electron chi connectivity index (χ3n) is 2.44. The van der Waals surface area contributed by atoms with Crippen molar-refractivity contribution in [2.24, 2.45) is 0 Å². The summed E-state index contributed by atoms with van der Waals surface area (Å²) in [6, 6.07) is 7.42. The molecule has 1 aromatic rings. The highest BCUT2D eigenvalue weighted by Crippen LogP contribution is 2.12. The summed E-state index contributed by atoms with van der Waals surface area (Å²) in [5.41, 5.74) is 1.02. The third kappa shape index (κ3) is 6.40. The molecule has 0 atom stereocenters. The Morgan fingerprint density at radius 1 is 1.28 bits per heavy atom. The number of Topliss-reactive ketones (excluding diaryl/α,β-unsaturated/α-hetero) is 1. The highest BCUT2D eigenvalue weighted by Gasteiger charge is 2.04. The minimum atomic E-state index is -0.237. The van der Waals surface area contributed by atoms with E-state index in [0.717, 1.165) is 5.56 Å². The summed E-state index contributed by atoms with van der Waals surface area (Å²) in [6.45, 7) is 1.84. The lowest BCUT2D eigenvalue weighted by atomic mass is 10.1. The van der Waals surface area contributed by atoms with Crippen LogP contribution < -0.4 is 0 Å². The predicted octanol–water partition coefficient (Wildman–Crippen LogP) is 3.19. The summed E-state index contributed by atoms with van der Waals surface area (Å²) in [6.07, 6.45) is 2.01. The number of aryl methyl sites for hydroxylation is 1. The smallest absolute Gasteiger partial charge is 0.306 e. The number of hydrogen-bond donors (Lipinski definition) is 0. The van der Waals surface area contributed by atoms with Crippen molar-refractivity contribution in [2.75, 3.05) is 6.61 Å². The van der Waals surface area contributed by atoms with Gasteiger partial charge in [0.05, 0.1) is 6.61 Å². The maximum absolute atomic E-state index is 11.4. The van der Waals surface area contributed by atoms with Gasteiger partial charge in [0, 0.05) is 17.9 Å². The van der Waals surface area contributed by atoms with Gasteiger partial charge in [-0.1, -0.05) is 23.7 Å². The first-order chi connectivity index (χ1) is 8.58. The van der Waals surface area contributed by atoms with Gasteiger partial charge in [-0.2, -0.15) is 0 Å². The predicted molar refractivity (Wildman–Crippen MR) is 70.6 cm³/mol. The monoisotopic (exact) mass is 268 g/mol. The van der Waals surface area contributed by atoms with Crippen LogP contribution in [-0.2, 0) is 20.7 Å². The van der Waals surface area contributed by atoms with Crippen LogP contribution in [0.15, 0.2) is 24.3 Å². The fourth-order valence-electron chi connectivity index (χ4n) is 1.52. The zero-order valence-electron chi connectivity index (χ0n) is 10.4. The molecule has 0 radical (unpaired) electrons. The Hall–Kier alpha value is -1.35. The molecule has 98 valence electrons. The van der Waals surface area contributed by atoms with Crippen LogP contribution in [0.2, 0.25) is 5.02 Å². The van der Waals surface area contributed by atoms with Gasteiger partial charge in [-0.25, -0.2) is 0 Å². The van der Waals surface area contributed by atoms with Gasteiger partial charge in [-0.3, -0.25) is 4.79 Å². The van der Waals surface area contributed by atoms with Crippen molar-refractivity contribution < 1.29 is 14.3 Å². The standard InChI is InChI=1S/C14H17ClO3/c1-11(16)4-3-9-18-14(17)8-7-12-5-2-6-13(15)10-12/h2,5-6,10H,3-4,7-9H2,1H3. The Labute approximate surface area is 112 Å². The molecule has 1 rings (SSSR count). The van der Waals surface area contributed by atoms with Crippen LogP contribution in [0.3, 0.4) is 0 Å². The molecular formula is C14H17ClO3. The minimum absolute atomic E-state index is 0.116. The van der Waals surface area contributed by atoms with E-state index in [2.05, 4.69) is 0 Å². The van der Waals surface area contributed by atoms with Crippen molar-refractivity contribution in [3.8, 4) is 0 Å². The summed E-state index contributed by atoms with van der Waals surface area (Å²) >= 11 is 5.84. The number of halogens is 1. The molecule has 0 heterocycles. The minimum Gasteiger partial charge on any atom is -0.466 e. The largest absolute Gasteiger partial charge is 0.466 e. The maximum atomic E-state index is 11.4. The molecule has 3 nitrogen and oxygen atoms in total. The number of hydrogen-bond acceptors (Lipinski definition) is 3. The summed E-state index contributed by atoms with van der Waals surface area (Å²) in [4.78, 5) is 22.1. The molecule has 0 bridgehead atoms. The third-order valence-corrected chi connectivity index (χ3v) is 2.68. The fraction of sp³-hybridized carbons (Fsp3) is 0.429. The fourth-order valence-corrected chi connectivity index (χ4v) is 1.73. The van der Waals surface area contributed by atoms with Crippen LogP contribution in [0.25, 0.3) is 0 Å². The van der Waals surface area contributed by atoms with E-state index < -0.39 is 0 Å². The lowest BCUT2D eigenvalue weighted by Crippen LogP contribution is -2.08. The Bertz CT molecular complexity index is 415. The number of carbonyl (C=O) groups excluding carboxylic acids is 2. The molecule has 18 heavy (non-hydrogen) atoms. The topological polar surface area (TPSA) is 43.4 Å². The molecule has 0 aliphatic rings. The van der Waals surface area contributed by atoms with Gasteiger partial charge in [0.1, 0.15) is 5.78 Å². The second kappa shape index (κ2) is 7.88. The first-order valence-corrected chi connectivity index (χ1v) is 6.35. The van der Waals surface area contributed by atoms with E-state index >= 15 is 0 Å².